The molecule has 3 heterocycles. The number of carboxylic acid groups (broad SMARTS) is 1. The first-order chi connectivity index (χ1) is 13.6. The molecule has 2 aliphatic rings. The predicted molar refractivity (Wildman–Crippen MR) is 103 cm³/mol. The van der Waals surface area contributed by atoms with Crippen LogP contribution >= 0.6 is 0 Å². The van der Waals surface area contributed by atoms with E-state index < -0.39 is 5.97 Å². The zero-order valence-electron chi connectivity index (χ0n) is 16.1. The van der Waals surface area contributed by atoms with Crippen LogP contribution in [0.25, 0.3) is 0 Å². The Morgan fingerprint density at radius 2 is 1.57 bits per heavy atom. The summed E-state index contributed by atoms with van der Waals surface area (Å²) in [5.41, 5.74) is 0. The third-order valence-corrected chi connectivity index (χ3v) is 4.71. The lowest BCUT2D eigenvalue weighted by Gasteiger charge is -2.35. The van der Waals surface area contributed by atoms with Crippen molar-refractivity contribution in [2.45, 2.75) is 19.8 Å². The van der Waals surface area contributed by atoms with Crippen molar-refractivity contribution in [3.05, 3.63) is 0 Å². The molecule has 28 heavy (non-hydrogen) atoms. The Kier molecular flexibility index (Phi) is 6.80. The number of carbonyl (C=O) groups excluding carboxylic acids is 1. The highest BCUT2D eigenvalue weighted by atomic mass is 16.5. The van der Waals surface area contributed by atoms with Gasteiger partial charge in [0.25, 0.3) is 0 Å². The summed E-state index contributed by atoms with van der Waals surface area (Å²) in [4.78, 5) is 42.3. The zero-order chi connectivity index (χ0) is 19.9. The van der Waals surface area contributed by atoms with Gasteiger partial charge < -0.3 is 29.9 Å². The molecule has 0 bridgehead atoms. The summed E-state index contributed by atoms with van der Waals surface area (Å²) in [5, 5.41) is 11.9. The number of nitrogens with one attached hydrogen (secondary N) is 1. The standard InChI is InChI=1S/C17H27N7O4/c1-2-18-15-19-16(21-17(20-15)24-9-11-28-12-10-24)23-7-5-22(6-8-23)13(25)3-4-14(26)27/h2-12H2,1H3,(H,26,27)(H,18,19,20,21). The van der Waals surface area contributed by atoms with Crippen LogP contribution in [0.4, 0.5) is 17.8 Å². The Morgan fingerprint density at radius 1 is 0.964 bits per heavy atom. The van der Waals surface area contributed by atoms with Gasteiger partial charge in [0.05, 0.1) is 19.6 Å². The number of aliphatic carboxylic acids is 1. The van der Waals surface area contributed by atoms with Crippen molar-refractivity contribution in [2.75, 3.05) is 74.1 Å². The highest BCUT2D eigenvalue weighted by Gasteiger charge is 2.25. The molecule has 3 rings (SSSR count). The van der Waals surface area contributed by atoms with Crippen LogP contribution in [0.5, 0.6) is 0 Å². The van der Waals surface area contributed by atoms with Crippen LogP contribution in [0.3, 0.4) is 0 Å². The Morgan fingerprint density at radius 3 is 2.14 bits per heavy atom. The van der Waals surface area contributed by atoms with Crippen molar-refractivity contribution in [3.63, 3.8) is 0 Å². The minimum Gasteiger partial charge on any atom is -0.481 e. The van der Waals surface area contributed by atoms with E-state index in [4.69, 9.17) is 9.84 Å². The molecule has 0 saturated carbocycles. The maximum atomic E-state index is 12.1. The van der Waals surface area contributed by atoms with Crippen molar-refractivity contribution in [1.82, 2.24) is 19.9 Å². The zero-order valence-corrected chi connectivity index (χ0v) is 16.1. The van der Waals surface area contributed by atoms with Gasteiger partial charge in [-0.1, -0.05) is 0 Å². The Balaban J connectivity index is 1.66. The van der Waals surface area contributed by atoms with Gasteiger partial charge in [0.15, 0.2) is 0 Å². The van der Waals surface area contributed by atoms with Crippen molar-refractivity contribution in [3.8, 4) is 0 Å². The van der Waals surface area contributed by atoms with Crippen LogP contribution in [0.2, 0.25) is 0 Å². The molecule has 11 heteroatoms. The number of nitrogens with zero attached hydrogens (tertiary/aromatic N) is 6. The van der Waals surface area contributed by atoms with Crippen LogP contribution in [0.15, 0.2) is 0 Å². The maximum Gasteiger partial charge on any atom is 0.303 e. The molecule has 1 aromatic heterocycles. The van der Waals surface area contributed by atoms with E-state index in [0.29, 0.717) is 63.8 Å². The van der Waals surface area contributed by atoms with E-state index in [-0.39, 0.29) is 18.7 Å². The summed E-state index contributed by atoms with van der Waals surface area (Å²) in [5.74, 6) is 0.673. The molecule has 0 aromatic carbocycles. The second-order valence-corrected chi connectivity index (χ2v) is 6.65. The molecule has 0 atom stereocenters. The molecule has 2 N–H and O–H groups in total. The number of morpholine rings is 1. The highest BCUT2D eigenvalue weighted by Crippen LogP contribution is 2.19. The monoisotopic (exact) mass is 393 g/mol. The second kappa shape index (κ2) is 9.49. The van der Waals surface area contributed by atoms with Gasteiger partial charge in [-0.2, -0.15) is 15.0 Å². The number of anilines is 3. The molecule has 0 aliphatic carbocycles. The van der Waals surface area contributed by atoms with Gasteiger partial charge in [0.2, 0.25) is 23.8 Å². The first-order valence-corrected chi connectivity index (χ1v) is 9.64. The van der Waals surface area contributed by atoms with E-state index >= 15 is 0 Å². The third-order valence-electron chi connectivity index (χ3n) is 4.71. The molecule has 2 fully saturated rings. The SMILES string of the molecule is CCNc1nc(N2CCOCC2)nc(N2CCN(C(=O)CCC(=O)O)CC2)n1. The van der Waals surface area contributed by atoms with E-state index in [2.05, 4.69) is 25.2 Å². The molecule has 0 unspecified atom stereocenters. The number of hydrogen-bond donors (Lipinski definition) is 2. The van der Waals surface area contributed by atoms with Gasteiger partial charge in [0, 0.05) is 52.2 Å². The highest BCUT2D eigenvalue weighted by molar-refractivity contribution is 5.80. The first kappa shape index (κ1) is 20.1. The van der Waals surface area contributed by atoms with Gasteiger partial charge in [-0.3, -0.25) is 9.59 Å². The molecule has 2 aliphatic heterocycles. The fourth-order valence-electron chi connectivity index (χ4n) is 3.17. The lowest BCUT2D eigenvalue weighted by molar-refractivity contribution is -0.141. The Bertz CT molecular complexity index is 688. The average Bonchev–Trinajstić information content (AvgIpc) is 2.73. The van der Waals surface area contributed by atoms with Crippen molar-refractivity contribution >= 4 is 29.7 Å². The largest absolute Gasteiger partial charge is 0.481 e. The summed E-state index contributed by atoms with van der Waals surface area (Å²) in [6.45, 7) is 7.69. The van der Waals surface area contributed by atoms with Crippen LogP contribution in [0.1, 0.15) is 19.8 Å². The minimum atomic E-state index is -0.955. The fourth-order valence-corrected chi connectivity index (χ4v) is 3.17. The molecule has 0 spiro atoms. The van der Waals surface area contributed by atoms with E-state index in [1.165, 1.54) is 0 Å². The van der Waals surface area contributed by atoms with Crippen molar-refractivity contribution < 1.29 is 19.4 Å². The number of aromatic nitrogens is 3. The van der Waals surface area contributed by atoms with Gasteiger partial charge >= 0.3 is 5.97 Å². The number of hydrogen-bond acceptors (Lipinski definition) is 9. The summed E-state index contributed by atoms with van der Waals surface area (Å²) >= 11 is 0. The molecular weight excluding hydrogens is 366 g/mol. The Labute approximate surface area is 163 Å². The van der Waals surface area contributed by atoms with Crippen molar-refractivity contribution in [2.24, 2.45) is 0 Å². The average molecular weight is 393 g/mol. The van der Waals surface area contributed by atoms with Crippen molar-refractivity contribution in [1.29, 1.82) is 0 Å². The molecular formula is C17H27N7O4. The summed E-state index contributed by atoms with van der Waals surface area (Å²) < 4.78 is 5.40. The summed E-state index contributed by atoms with van der Waals surface area (Å²) in [6, 6.07) is 0. The number of amides is 1. The van der Waals surface area contributed by atoms with E-state index in [1.54, 1.807) is 4.90 Å². The number of ether oxygens (including phenoxy) is 1. The van der Waals surface area contributed by atoms with Crippen LogP contribution in [-0.2, 0) is 14.3 Å². The lowest BCUT2D eigenvalue weighted by Crippen LogP contribution is -2.49. The number of carboxylic acids is 1. The van der Waals surface area contributed by atoms with Crippen LogP contribution in [-0.4, -0.2) is 95.9 Å². The second-order valence-electron chi connectivity index (χ2n) is 6.65. The number of piperazine rings is 1. The summed E-state index contributed by atoms with van der Waals surface area (Å²) in [6.07, 6.45) is -0.103. The predicted octanol–water partition coefficient (Wildman–Crippen LogP) is -0.347. The Hall–Kier alpha value is -2.69. The summed E-state index contributed by atoms with van der Waals surface area (Å²) in [7, 11) is 0. The van der Waals surface area contributed by atoms with Gasteiger partial charge in [-0.25, -0.2) is 0 Å². The minimum absolute atomic E-state index is 0.0346. The number of rotatable bonds is 7. The quantitative estimate of drug-likeness (QED) is 0.635. The smallest absolute Gasteiger partial charge is 0.303 e. The topological polar surface area (TPSA) is 124 Å². The van der Waals surface area contributed by atoms with Gasteiger partial charge in [-0.15, -0.1) is 0 Å². The van der Waals surface area contributed by atoms with Crippen LogP contribution in [0, 0.1) is 0 Å². The maximum absolute atomic E-state index is 12.1. The van der Waals surface area contributed by atoms with Gasteiger partial charge in [-0.05, 0) is 6.92 Å². The normalized spacial score (nSPS) is 17.5. The van der Waals surface area contributed by atoms with Gasteiger partial charge in [0.1, 0.15) is 0 Å². The molecule has 154 valence electrons. The van der Waals surface area contributed by atoms with E-state index in [1.807, 2.05) is 11.8 Å². The molecule has 11 nitrogen and oxygen atoms in total. The fraction of sp³-hybridized carbons (Fsp3) is 0.706. The number of carbonyl (C=O) groups is 2. The third kappa shape index (κ3) is 5.18. The lowest BCUT2D eigenvalue weighted by atomic mass is 10.2. The molecule has 2 saturated heterocycles. The molecule has 1 amide bonds. The van der Waals surface area contributed by atoms with Crippen LogP contribution < -0.4 is 15.1 Å². The molecule has 1 aromatic rings. The molecule has 0 radical (unpaired) electrons. The first-order valence-electron chi connectivity index (χ1n) is 9.64. The van der Waals surface area contributed by atoms with E-state index in [0.717, 1.165) is 13.1 Å². The van der Waals surface area contributed by atoms with E-state index in [9.17, 15) is 9.59 Å².